The van der Waals surface area contributed by atoms with Crippen LogP contribution in [0.3, 0.4) is 0 Å². The maximum Gasteiger partial charge on any atom is 0.228 e. The molecule has 1 aliphatic heterocycles. The molecule has 4 heteroatoms. The van der Waals surface area contributed by atoms with Crippen LogP contribution < -0.4 is 5.32 Å². The summed E-state index contributed by atoms with van der Waals surface area (Å²) < 4.78 is 0. The Morgan fingerprint density at radius 2 is 2.00 bits per heavy atom. The van der Waals surface area contributed by atoms with Gasteiger partial charge in [0.1, 0.15) is 0 Å². The van der Waals surface area contributed by atoms with Crippen molar-refractivity contribution in [3.63, 3.8) is 0 Å². The lowest BCUT2D eigenvalue weighted by atomic mass is 10.1. The zero-order valence-corrected chi connectivity index (χ0v) is 11.7. The number of nitrogens with one attached hydrogen (secondary N) is 1. The van der Waals surface area contributed by atoms with Crippen LogP contribution in [0, 0.1) is 11.3 Å². The quantitative estimate of drug-likeness (QED) is 0.784. The molecule has 0 aromatic heterocycles. The second-order valence-electron chi connectivity index (χ2n) is 6.74. The molecule has 0 aromatic rings. The average Bonchev–Trinajstić information content (AvgIpc) is 2.86. The lowest BCUT2D eigenvalue weighted by Crippen LogP contribution is -2.38. The standard InChI is InChI=1S/C15H26N2O2/c18-11-15(6-7-15)14(19)16-9-12-5-8-17(10-12)13-3-1-2-4-13/h12-13,18H,1-11H2,(H,16,19)/t12-/m0/s1. The van der Waals surface area contributed by atoms with E-state index in [1.807, 2.05) is 0 Å². The summed E-state index contributed by atoms with van der Waals surface area (Å²) in [7, 11) is 0. The minimum atomic E-state index is -0.413. The van der Waals surface area contributed by atoms with Gasteiger partial charge in [-0.15, -0.1) is 0 Å². The van der Waals surface area contributed by atoms with Crippen molar-refractivity contribution in [2.24, 2.45) is 11.3 Å². The first-order valence-electron chi connectivity index (χ1n) is 7.87. The second-order valence-corrected chi connectivity index (χ2v) is 6.74. The summed E-state index contributed by atoms with van der Waals surface area (Å²) in [6.07, 6.45) is 8.44. The SMILES string of the molecule is O=C(NC[C@@H]1CCN(C2CCCC2)C1)C1(CO)CC1. The molecule has 0 aromatic carbocycles. The molecule has 2 saturated carbocycles. The van der Waals surface area contributed by atoms with Crippen molar-refractivity contribution < 1.29 is 9.90 Å². The van der Waals surface area contributed by atoms with Gasteiger partial charge in [-0.05, 0) is 44.6 Å². The van der Waals surface area contributed by atoms with Crippen molar-refractivity contribution in [2.45, 2.75) is 51.0 Å². The molecular weight excluding hydrogens is 240 g/mol. The fraction of sp³-hybridized carbons (Fsp3) is 0.933. The predicted molar refractivity (Wildman–Crippen MR) is 73.7 cm³/mol. The number of aliphatic hydroxyl groups excluding tert-OH is 1. The molecule has 3 fully saturated rings. The van der Waals surface area contributed by atoms with E-state index in [0.29, 0.717) is 5.92 Å². The van der Waals surface area contributed by atoms with E-state index < -0.39 is 5.41 Å². The lowest BCUT2D eigenvalue weighted by molar-refractivity contribution is -0.127. The van der Waals surface area contributed by atoms with Gasteiger partial charge in [0.15, 0.2) is 0 Å². The molecule has 0 unspecified atom stereocenters. The fourth-order valence-corrected chi connectivity index (χ4v) is 3.66. The summed E-state index contributed by atoms with van der Waals surface area (Å²) in [5.41, 5.74) is -0.413. The predicted octanol–water partition coefficient (Wildman–Crippen LogP) is 1.14. The molecule has 1 amide bonds. The summed E-state index contributed by atoms with van der Waals surface area (Å²) in [6, 6.07) is 0.813. The van der Waals surface area contributed by atoms with Crippen molar-refractivity contribution >= 4 is 5.91 Å². The molecule has 1 saturated heterocycles. The highest BCUT2D eigenvalue weighted by Crippen LogP contribution is 2.45. The van der Waals surface area contributed by atoms with E-state index in [0.717, 1.165) is 32.0 Å². The third kappa shape index (κ3) is 2.79. The van der Waals surface area contributed by atoms with Gasteiger partial charge in [-0.25, -0.2) is 0 Å². The molecule has 2 aliphatic carbocycles. The Morgan fingerprint density at radius 1 is 1.26 bits per heavy atom. The minimum absolute atomic E-state index is 0.0116. The zero-order chi connectivity index (χ0) is 13.3. The fourth-order valence-electron chi connectivity index (χ4n) is 3.66. The number of hydrogen-bond acceptors (Lipinski definition) is 3. The molecule has 3 rings (SSSR count). The maximum atomic E-state index is 12.0. The highest BCUT2D eigenvalue weighted by atomic mass is 16.3. The minimum Gasteiger partial charge on any atom is -0.395 e. The van der Waals surface area contributed by atoms with E-state index >= 15 is 0 Å². The Balaban J connectivity index is 1.41. The van der Waals surface area contributed by atoms with Crippen LogP contribution in [0.15, 0.2) is 0 Å². The third-order valence-corrected chi connectivity index (χ3v) is 5.35. The molecule has 2 N–H and O–H groups in total. The number of likely N-dealkylation sites (tertiary alicyclic amines) is 1. The summed E-state index contributed by atoms with van der Waals surface area (Å²) in [5, 5.41) is 12.3. The Hall–Kier alpha value is -0.610. The molecule has 0 bridgehead atoms. The van der Waals surface area contributed by atoms with Crippen LogP contribution in [-0.2, 0) is 4.79 Å². The van der Waals surface area contributed by atoms with Gasteiger partial charge in [-0.1, -0.05) is 12.8 Å². The first-order valence-corrected chi connectivity index (χ1v) is 7.87. The number of aliphatic hydroxyl groups is 1. The molecule has 1 heterocycles. The number of rotatable bonds is 5. The lowest BCUT2D eigenvalue weighted by Gasteiger charge is -2.23. The van der Waals surface area contributed by atoms with Crippen LogP contribution in [0.1, 0.15) is 44.9 Å². The number of carbonyl (C=O) groups is 1. The van der Waals surface area contributed by atoms with Gasteiger partial charge in [0.25, 0.3) is 0 Å². The van der Waals surface area contributed by atoms with E-state index in [1.54, 1.807) is 0 Å². The van der Waals surface area contributed by atoms with Crippen molar-refractivity contribution in [2.75, 3.05) is 26.2 Å². The third-order valence-electron chi connectivity index (χ3n) is 5.35. The number of hydrogen-bond donors (Lipinski definition) is 2. The van der Waals surface area contributed by atoms with E-state index in [2.05, 4.69) is 10.2 Å². The maximum absolute atomic E-state index is 12.0. The monoisotopic (exact) mass is 266 g/mol. The Kier molecular flexibility index (Phi) is 3.81. The molecule has 4 nitrogen and oxygen atoms in total. The van der Waals surface area contributed by atoms with Crippen molar-refractivity contribution in [3.05, 3.63) is 0 Å². The van der Waals surface area contributed by atoms with Gasteiger partial charge in [-0.2, -0.15) is 0 Å². The van der Waals surface area contributed by atoms with E-state index in [9.17, 15) is 9.90 Å². The normalized spacial score (nSPS) is 30.7. The summed E-state index contributed by atoms with van der Waals surface area (Å²) in [6.45, 7) is 3.16. The summed E-state index contributed by atoms with van der Waals surface area (Å²) >= 11 is 0. The number of nitrogens with zero attached hydrogens (tertiary/aromatic N) is 1. The van der Waals surface area contributed by atoms with Crippen LogP contribution in [0.25, 0.3) is 0 Å². The first-order chi connectivity index (χ1) is 9.23. The average molecular weight is 266 g/mol. The Morgan fingerprint density at radius 3 is 2.63 bits per heavy atom. The second kappa shape index (κ2) is 5.41. The molecule has 1 atom stereocenters. The summed E-state index contributed by atoms with van der Waals surface area (Å²) in [5.74, 6) is 0.688. The van der Waals surface area contributed by atoms with E-state index in [-0.39, 0.29) is 12.5 Å². The van der Waals surface area contributed by atoms with Gasteiger partial charge in [-0.3, -0.25) is 4.79 Å². The molecular formula is C15H26N2O2. The first kappa shape index (κ1) is 13.4. The molecule has 0 radical (unpaired) electrons. The van der Waals surface area contributed by atoms with Gasteiger partial charge in [0.05, 0.1) is 12.0 Å². The van der Waals surface area contributed by atoms with Gasteiger partial charge < -0.3 is 15.3 Å². The summed E-state index contributed by atoms with van der Waals surface area (Å²) in [4.78, 5) is 14.6. The highest BCUT2D eigenvalue weighted by Gasteiger charge is 2.49. The zero-order valence-electron chi connectivity index (χ0n) is 11.7. The smallest absolute Gasteiger partial charge is 0.228 e. The van der Waals surface area contributed by atoms with Gasteiger partial charge in [0.2, 0.25) is 5.91 Å². The van der Waals surface area contributed by atoms with E-state index in [1.165, 1.54) is 38.6 Å². The molecule has 19 heavy (non-hydrogen) atoms. The molecule has 3 aliphatic rings. The van der Waals surface area contributed by atoms with Crippen molar-refractivity contribution in [1.29, 1.82) is 0 Å². The Bertz CT molecular complexity index is 335. The molecule has 0 spiro atoms. The van der Waals surface area contributed by atoms with Crippen LogP contribution in [0.5, 0.6) is 0 Å². The van der Waals surface area contributed by atoms with Crippen LogP contribution in [0.2, 0.25) is 0 Å². The van der Waals surface area contributed by atoms with Crippen LogP contribution in [0.4, 0.5) is 0 Å². The molecule has 108 valence electrons. The van der Waals surface area contributed by atoms with Gasteiger partial charge in [0, 0.05) is 19.1 Å². The number of carbonyl (C=O) groups excluding carboxylic acids is 1. The van der Waals surface area contributed by atoms with Crippen LogP contribution in [-0.4, -0.2) is 48.2 Å². The van der Waals surface area contributed by atoms with Gasteiger partial charge >= 0.3 is 0 Å². The Labute approximate surface area is 115 Å². The van der Waals surface area contributed by atoms with Crippen molar-refractivity contribution in [3.8, 4) is 0 Å². The largest absolute Gasteiger partial charge is 0.395 e. The van der Waals surface area contributed by atoms with E-state index in [4.69, 9.17) is 0 Å². The van der Waals surface area contributed by atoms with Crippen molar-refractivity contribution in [1.82, 2.24) is 10.2 Å². The highest BCUT2D eigenvalue weighted by molar-refractivity contribution is 5.85. The van der Waals surface area contributed by atoms with Crippen LogP contribution >= 0.6 is 0 Å². The number of amides is 1. The topological polar surface area (TPSA) is 52.6 Å².